The number of aromatic nitrogens is 2. The predicted molar refractivity (Wildman–Crippen MR) is 120 cm³/mol. The molecular weight excluding hydrogens is 427 g/mol. The van der Waals surface area contributed by atoms with Gasteiger partial charge >= 0.3 is 0 Å². The molecule has 1 N–H and O–H groups in total. The summed E-state index contributed by atoms with van der Waals surface area (Å²) in [4.78, 5) is 10.1. The summed E-state index contributed by atoms with van der Waals surface area (Å²) in [5, 5.41) is 11.8. The van der Waals surface area contributed by atoms with Gasteiger partial charge in [-0.25, -0.2) is 18.7 Å². The van der Waals surface area contributed by atoms with Crippen molar-refractivity contribution in [1.29, 1.82) is 5.26 Å². The normalized spacial score (nSPS) is 13.4. The Morgan fingerprint density at radius 3 is 2.27 bits per heavy atom. The van der Waals surface area contributed by atoms with Gasteiger partial charge in [-0.05, 0) is 29.5 Å². The fourth-order valence-corrected chi connectivity index (χ4v) is 3.60. The summed E-state index contributed by atoms with van der Waals surface area (Å²) in [6.07, 6.45) is 3.52. The number of anilines is 2. The Balaban J connectivity index is 1.49. The van der Waals surface area contributed by atoms with Crippen LogP contribution in [0.5, 0.6) is 0 Å². The van der Waals surface area contributed by atoms with E-state index in [1.54, 1.807) is 12.1 Å². The first-order valence-corrected chi connectivity index (χ1v) is 10.8. The Labute approximate surface area is 190 Å². The van der Waals surface area contributed by atoms with Crippen LogP contribution in [-0.4, -0.2) is 16.0 Å². The van der Waals surface area contributed by atoms with Crippen molar-refractivity contribution in [2.75, 3.05) is 10.2 Å². The fourth-order valence-electron chi connectivity index (χ4n) is 3.60. The predicted octanol–water partition coefficient (Wildman–Crippen LogP) is 5.57. The molecule has 0 spiro atoms. The van der Waals surface area contributed by atoms with E-state index in [2.05, 4.69) is 21.4 Å². The zero-order valence-electron chi connectivity index (χ0n) is 18.2. The van der Waals surface area contributed by atoms with E-state index >= 15 is 4.39 Å². The van der Waals surface area contributed by atoms with Gasteiger partial charge in [-0.3, -0.25) is 0 Å². The summed E-state index contributed by atoms with van der Waals surface area (Å²) in [5.74, 6) is -3.14. The number of rotatable bonds is 9. The second kappa shape index (κ2) is 9.49. The van der Waals surface area contributed by atoms with Crippen LogP contribution in [0.3, 0.4) is 0 Å². The van der Waals surface area contributed by atoms with Crippen molar-refractivity contribution in [2.45, 2.75) is 51.2 Å². The summed E-state index contributed by atoms with van der Waals surface area (Å²) >= 11 is 0. The van der Waals surface area contributed by atoms with Gasteiger partial charge in [0.2, 0.25) is 5.82 Å². The van der Waals surface area contributed by atoms with E-state index in [-0.39, 0.29) is 23.2 Å². The first-order chi connectivity index (χ1) is 15.8. The second-order valence-corrected chi connectivity index (χ2v) is 8.31. The molecule has 170 valence electrons. The zero-order chi connectivity index (χ0) is 23.4. The molecule has 3 aromatic rings. The summed E-state index contributed by atoms with van der Waals surface area (Å²) in [7, 11) is 0. The number of benzene rings is 2. The Kier molecular flexibility index (Phi) is 6.50. The molecule has 4 rings (SSSR count). The highest BCUT2D eigenvalue weighted by Gasteiger charge is 2.33. The summed E-state index contributed by atoms with van der Waals surface area (Å²) in [6.45, 7) is 1.61. The van der Waals surface area contributed by atoms with E-state index in [1.165, 1.54) is 18.5 Å². The van der Waals surface area contributed by atoms with Crippen molar-refractivity contribution in [3.05, 3.63) is 82.9 Å². The van der Waals surface area contributed by atoms with Crippen molar-refractivity contribution < 1.29 is 13.2 Å². The molecule has 0 aliphatic heterocycles. The Morgan fingerprint density at radius 2 is 1.67 bits per heavy atom. The number of halogens is 3. The van der Waals surface area contributed by atoms with Crippen molar-refractivity contribution >= 4 is 11.6 Å². The third kappa shape index (κ3) is 5.61. The molecular formula is C25H24F3N5. The monoisotopic (exact) mass is 451 g/mol. The quantitative estimate of drug-likeness (QED) is 0.461. The molecule has 1 heterocycles. The lowest BCUT2D eigenvalue weighted by molar-refractivity contribution is 0.0174. The molecule has 1 saturated carbocycles. The maximum absolute atomic E-state index is 15.3. The van der Waals surface area contributed by atoms with Crippen LogP contribution in [-0.2, 0) is 25.4 Å². The van der Waals surface area contributed by atoms with Crippen LogP contribution >= 0.6 is 0 Å². The molecule has 1 aliphatic carbocycles. The fraction of sp³-hybridized carbons (Fsp3) is 0.320. The van der Waals surface area contributed by atoms with Crippen molar-refractivity contribution in [3.8, 4) is 6.07 Å². The largest absolute Gasteiger partial charge is 0.363 e. The first kappa shape index (κ1) is 22.6. The van der Waals surface area contributed by atoms with Gasteiger partial charge in [0.25, 0.3) is 5.92 Å². The number of hydrogen-bond acceptors (Lipinski definition) is 5. The van der Waals surface area contributed by atoms with Crippen molar-refractivity contribution in [3.63, 3.8) is 0 Å². The van der Waals surface area contributed by atoms with Crippen LogP contribution in [0.4, 0.5) is 24.8 Å². The average molecular weight is 451 g/mol. The van der Waals surface area contributed by atoms with E-state index in [1.807, 2.05) is 29.2 Å². The lowest BCUT2D eigenvalue weighted by Crippen LogP contribution is -2.27. The molecule has 2 aromatic carbocycles. The van der Waals surface area contributed by atoms with Crippen LogP contribution < -0.4 is 10.2 Å². The Morgan fingerprint density at radius 1 is 1.03 bits per heavy atom. The van der Waals surface area contributed by atoms with E-state index in [0.29, 0.717) is 19.5 Å². The van der Waals surface area contributed by atoms with Gasteiger partial charge in [-0.1, -0.05) is 48.5 Å². The van der Waals surface area contributed by atoms with Gasteiger partial charge in [0.1, 0.15) is 6.33 Å². The number of nitrogens with one attached hydrogen (secondary N) is 1. The Bertz CT molecular complexity index is 1130. The van der Waals surface area contributed by atoms with E-state index in [0.717, 1.165) is 36.5 Å². The maximum Gasteiger partial charge on any atom is 0.270 e. The topological polar surface area (TPSA) is 64.8 Å². The van der Waals surface area contributed by atoms with Gasteiger partial charge in [0.15, 0.2) is 11.6 Å². The van der Waals surface area contributed by atoms with Crippen LogP contribution in [0.15, 0.2) is 54.9 Å². The number of alkyl halides is 2. The number of hydrogen-bond donors (Lipinski definition) is 1. The van der Waals surface area contributed by atoms with Gasteiger partial charge in [-0.15, -0.1) is 0 Å². The number of nitriles is 1. The SMILES string of the molecule is CC(F)(F)c1ccc(CN(c2ncnc(NCc3ccc(CC#N)cc3)c2F)C2CC2)cc1. The highest BCUT2D eigenvalue weighted by molar-refractivity contribution is 5.53. The maximum atomic E-state index is 15.3. The standard InChI is InChI=1S/C25H24F3N5/c1-25(27,28)20-8-6-19(7-9-20)15-33(21-10-11-21)24-22(26)23(31-16-32-24)30-14-18-4-2-17(3-5-18)12-13-29/h2-9,16,21H,10-12,14-15H2,1H3,(H,30,31,32). The van der Waals surface area contributed by atoms with Crippen LogP contribution in [0.1, 0.15) is 42.0 Å². The molecule has 0 amide bonds. The lowest BCUT2D eigenvalue weighted by atomic mass is 10.1. The minimum absolute atomic E-state index is 0.0513. The molecule has 5 nitrogen and oxygen atoms in total. The van der Waals surface area contributed by atoms with E-state index < -0.39 is 11.7 Å². The minimum Gasteiger partial charge on any atom is -0.363 e. The van der Waals surface area contributed by atoms with Crippen LogP contribution in [0.2, 0.25) is 0 Å². The summed E-state index contributed by atoms with van der Waals surface area (Å²) < 4.78 is 42.3. The number of nitrogens with zero attached hydrogens (tertiary/aromatic N) is 4. The smallest absolute Gasteiger partial charge is 0.270 e. The third-order valence-electron chi connectivity index (χ3n) is 5.61. The first-order valence-electron chi connectivity index (χ1n) is 10.8. The average Bonchev–Trinajstić information content (AvgIpc) is 3.63. The molecule has 33 heavy (non-hydrogen) atoms. The second-order valence-electron chi connectivity index (χ2n) is 8.31. The molecule has 0 atom stereocenters. The van der Waals surface area contributed by atoms with E-state index in [4.69, 9.17) is 5.26 Å². The van der Waals surface area contributed by atoms with Gasteiger partial charge in [-0.2, -0.15) is 9.65 Å². The highest BCUT2D eigenvalue weighted by Crippen LogP contribution is 2.35. The highest BCUT2D eigenvalue weighted by atomic mass is 19.3. The molecule has 0 radical (unpaired) electrons. The van der Waals surface area contributed by atoms with Gasteiger partial charge < -0.3 is 10.2 Å². The van der Waals surface area contributed by atoms with Gasteiger partial charge in [0, 0.05) is 31.6 Å². The summed E-state index contributed by atoms with van der Waals surface area (Å²) in [6, 6.07) is 15.9. The van der Waals surface area contributed by atoms with Crippen LogP contribution in [0, 0.1) is 17.1 Å². The molecule has 8 heteroatoms. The minimum atomic E-state index is -2.90. The van der Waals surface area contributed by atoms with Crippen molar-refractivity contribution in [2.24, 2.45) is 0 Å². The Hall–Kier alpha value is -3.60. The zero-order valence-corrected chi connectivity index (χ0v) is 18.2. The van der Waals surface area contributed by atoms with Gasteiger partial charge in [0.05, 0.1) is 12.5 Å². The lowest BCUT2D eigenvalue weighted by Gasteiger charge is -2.25. The van der Waals surface area contributed by atoms with Crippen LogP contribution in [0.25, 0.3) is 0 Å². The molecule has 0 saturated heterocycles. The molecule has 1 aliphatic rings. The molecule has 0 bridgehead atoms. The van der Waals surface area contributed by atoms with Crippen molar-refractivity contribution in [1.82, 2.24) is 9.97 Å². The molecule has 1 aromatic heterocycles. The molecule has 1 fully saturated rings. The third-order valence-corrected chi connectivity index (χ3v) is 5.61. The summed E-state index contributed by atoms with van der Waals surface area (Å²) in [5.41, 5.74) is 2.61. The molecule has 0 unspecified atom stereocenters. The van der Waals surface area contributed by atoms with E-state index in [9.17, 15) is 8.78 Å².